The maximum absolute atomic E-state index is 12.6. The minimum Gasteiger partial charge on any atom is -0.396 e. The molecule has 0 amide bonds. The van der Waals surface area contributed by atoms with Crippen molar-refractivity contribution in [1.29, 1.82) is 0 Å². The van der Waals surface area contributed by atoms with Crippen molar-refractivity contribution in [1.82, 2.24) is 15.2 Å². The van der Waals surface area contributed by atoms with Crippen molar-refractivity contribution in [2.45, 2.75) is 46.6 Å². The molecule has 0 atom stereocenters. The first-order chi connectivity index (χ1) is 14.5. The van der Waals surface area contributed by atoms with E-state index in [1.54, 1.807) is 4.90 Å². The lowest BCUT2D eigenvalue weighted by molar-refractivity contribution is -0.896. The van der Waals surface area contributed by atoms with E-state index in [4.69, 9.17) is 12.2 Å². The molecule has 0 spiro atoms. The van der Waals surface area contributed by atoms with Gasteiger partial charge in [0.25, 0.3) is 5.56 Å². The fourth-order valence-electron chi connectivity index (χ4n) is 3.61. The summed E-state index contributed by atoms with van der Waals surface area (Å²) in [6, 6.07) is 8.10. The lowest BCUT2D eigenvalue weighted by Gasteiger charge is -2.26. The smallest absolute Gasteiger partial charge is 0.253 e. The van der Waals surface area contributed by atoms with Crippen LogP contribution in [0.2, 0.25) is 0 Å². The third-order valence-electron chi connectivity index (χ3n) is 5.61. The van der Waals surface area contributed by atoms with Crippen LogP contribution in [0.1, 0.15) is 44.7 Å². The summed E-state index contributed by atoms with van der Waals surface area (Å²) in [5.74, 6) is 0. The van der Waals surface area contributed by atoms with Crippen LogP contribution in [0.5, 0.6) is 0 Å². The van der Waals surface area contributed by atoms with Crippen LogP contribution in [-0.2, 0) is 13.0 Å². The molecule has 0 aliphatic heterocycles. The zero-order valence-electron chi connectivity index (χ0n) is 18.6. The van der Waals surface area contributed by atoms with Gasteiger partial charge in [0.1, 0.15) is 0 Å². The van der Waals surface area contributed by atoms with Crippen molar-refractivity contribution in [3.05, 3.63) is 45.7 Å². The highest BCUT2D eigenvalue weighted by molar-refractivity contribution is 7.80. The Bertz CT molecular complexity index is 864. The van der Waals surface area contributed by atoms with Gasteiger partial charge < -0.3 is 25.2 Å². The lowest BCUT2D eigenvalue weighted by Crippen LogP contribution is -3.11. The zero-order chi connectivity index (χ0) is 21.9. The number of nitrogens with one attached hydrogen (secondary N) is 3. The molecule has 6 nitrogen and oxygen atoms in total. The van der Waals surface area contributed by atoms with Gasteiger partial charge in [0, 0.05) is 37.2 Å². The van der Waals surface area contributed by atoms with Gasteiger partial charge in [0.2, 0.25) is 0 Å². The summed E-state index contributed by atoms with van der Waals surface area (Å²) in [5.41, 5.74) is 2.69. The van der Waals surface area contributed by atoms with Crippen molar-refractivity contribution in [3.8, 4) is 0 Å². The minimum atomic E-state index is -0.0892. The molecule has 4 N–H and O–H groups in total. The number of benzene rings is 1. The molecule has 0 unspecified atom stereocenters. The van der Waals surface area contributed by atoms with E-state index < -0.39 is 0 Å². The standard InChI is InChI=1S/C23H36N4O2S/c1-4-18-9-10-21-19(15-18)16-20(22(29)25-21)17-27(13-8-14-28)23(30)24-11-7-12-26(5-2)6-3/h9-10,15-16,28H,4-8,11-14,17H2,1-3H3,(H,24,30)(H,25,29)/p+1. The molecule has 0 bridgehead atoms. The number of hydrogen-bond donors (Lipinski definition) is 4. The van der Waals surface area contributed by atoms with Crippen LogP contribution in [0.3, 0.4) is 0 Å². The fraction of sp³-hybridized carbons (Fsp3) is 0.565. The predicted molar refractivity (Wildman–Crippen MR) is 128 cm³/mol. The summed E-state index contributed by atoms with van der Waals surface area (Å²) in [6.45, 7) is 11.9. The molecule has 0 aliphatic carbocycles. The molecular weight excluding hydrogens is 396 g/mol. The topological polar surface area (TPSA) is 72.8 Å². The molecule has 7 heteroatoms. The lowest BCUT2D eigenvalue weighted by atomic mass is 10.1. The highest BCUT2D eigenvalue weighted by atomic mass is 32.1. The van der Waals surface area contributed by atoms with E-state index in [1.807, 2.05) is 23.1 Å². The minimum absolute atomic E-state index is 0.0892. The zero-order valence-corrected chi connectivity index (χ0v) is 19.4. The molecule has 1 aromatic heterocycles. The van der Waals surface area contributed by atoms with Gasteiger partial charge in [-0.05, 0) is 68.1 Å². The van der Waals surface area contributed by atoms with Gasteiger partial charge in [-0.25, -0.2) is 0 Å². The number of aromatic amines is 1. The Morgan fingerprint density at radius 2 is 1.97 bits per heavy atom. The van der Waals surface area contributed by atoms with Crippen LogP contribution >= 0.6 is 12.2 Å². The van der Waals surface area contributed by atoms with Gasteiger partial charge in [-0.2, -0.15) is 0 Å². The Labute approximate surface area is 185 Å². The van der Waals surface area contributed by atoms with Gasteiger partial charge >= 0.3 is 0 Å². The molecule has 1 aromatic carbocycles. The first-order valence-corrected chi connectivity index (χ1v) is 11.5. The van der Waals surface area contributed by atoms with E-state index >= 15 is 0 Å². The monoisotopic (exact) mass is 433 g/mol. The Hall–Kier alpha value is -1.96. The molecule has 2 aromatic rings. The maximum atomic E-state index is 12.6. The average Bonchev–Trinajstić information content (AvgIpc) is 2.76. The van der Waals surface area contributed by atoms with E-state index in [1.165, 1.54) is 5.56 Å². The Kier molecular flexibility index (Phi) is 10.3. The molecular formula is C23H37N4O2S+. The second-order valence-electron chi connectivity index (χ2n) is 7.69. The van der Waals surface area contributed by atoms with Crippen LogP contribution in [-0.4, -0.2) is 59.4 Å². The van der Waals surface area contributed by atoms with E-state index in [9.17, 15) is 9.90 Å². The quantitative estimate of drug-likeness (QED) is 0.301. The summed E-state index contributed by atoms with van der Waals surface area (Å²) >= 11 is 5.62. The van der Waals surface area contributed by atoms with Gasteiger partial charge in [-0.1, -0.05) is 13.0 Å². The van der Waals surface area contributed by atoms with Crippen molar-refractivity contribution >= 4 is 28.2 Å². The molecule has 0 aliphatic rings. The second kappa shape index (κ2) is 12.7. The van der Waals surface area contributed by atoms with E-state index in [2.05, 4.69) is 37.1 Å². The number of aliphatic hydroxyl groups excluding tert-OH is 1. The van der Waals surface area contributed by atoms with Crippen molar-refractivity contribution in [3.63, 3.8) is 0 Å². The number of quaternary nitrogens is 1. The highest BCUT2D eigenvalue weighted by Crippen LogP contribution is 2.15. The molecule has 0 saturated carbocycles. The van der Waals surface area contributed by atoms with Crippen LogP contribution in [0.4, 0.5) is 0 Å². The Morgan fingerprint density at radius 1 is 1.20 bits per heavy atom. The number of rotatable bonds is 12. The van der Waals surface area contributed by atoms with Gasteiger partial charge in [-0.15, -0.1) is 0 Å². The molecule has 0 fully saturated rings. The SMILES string of the molecule is CCc1ccc2[nH]c(=O)c(CN(CCCO)C(=S)NCCC[NH+](CC)CC)cc2c1. The Balaban J connectivity index is 2.08. The number of hydrogen-bond acceptors (Lipinski definition) is 3. The van der Waals surface area contributed by atoms with E-state index in [-0.39, 0.29) is 12.2 Å². The number of thiocarbonyl (C=S) groups is 1. The van der Waals surface area contributed by atoms with Gasteiger partial charge in [0.15, 0.2) is 5.11 Å². The third-order valence-corrected chi connectivity index (χ3v) is 6.01. The predicted octanol–water partition coefficient (Wildman–Crippen LogP) is 1.46. The van der Waals surface area contributed by atoms with Crippen LogP contribution in [0.15, 0.2) is 29.1 Å². The molecule has 0 radical (unpaired) electrons. The van der Waals surface area contributed by atoms with Gasteiger partial charge in [-0.3, -0.25) is 4.79 Å². The first kappa shape index (κ1) is 24.3. The van der Waals surface area contributed by atoms with Crippen molar-refractivity contribution in [2.75, 3.05) is 39.3 Å². The van der Waals surface area contributed by atoms with Crippen molar-refractivity contribution in [2.24, 2.45) is 0 Å². The number of H-pyrrole nitrogens is 1. The first-order valence-electron chi connectivity index (χ1n) is 11.1. The number of aryl methyl sites for hydroxylation is 1. The molecule has 2 rings (SSSR count). The normalized spacial score (nSPS) is 11.2. The number of fused-ring (bicyclic) bond motifs is 1. The fourth-order valence-corrected chi connectivity index (χ4v) is 3.87. The van der Waals surface area contributed by atoms with Crippen LogP contribution in [0.25, 0.3) is 10.9 Å². The number of aliphatic hydroxyl groups is 1. The summed E-state index contributed by atoms with van der Waals surface area (Å²) in [5, 5.41) is 14.3. The third kappa shape index (κ3) is 7.07. The maximum Gasteiger partial charge on any atom is 0.253 e. The molecule has 30 heavy (non-hydrogen) atoms. The second-order valence-corrected chi connectivity index (χ2v) is 8.08. The molecule has 1 heterocycles. The highest BCUT2D eigenvalue weighted by Gasteiger charge is 2.13. The molecule has 166 valence electrons. The van der Waals surface area contributed by atoms with Crippen LogP contribution < -0.4 is 15.8 Å². The summed E-state index contributed by atoms with van der Waals surface area (Å²) in [7, 11) is 0. The summed E-state index contributed by atoms with van der Waals surface area (Å²) in [4.78, 5) is 19.2. The van der Waals surface area contributed by atoms with Gasteiger partial charge in [0.05, 0.1) is 26.2 Å². The largest absolute Gasteiger partial charge is 0.396 e. The Morgan fingerprint density at radius 3 is 2.63 bits per heavy atom. The van der Waals surface area contributed by atoms with E-state index in [0.29, 0.717) is 30.2 Å². The number of nitrogens with zero attached hydrogens (tertiary/aromatic N) is 1. The van der Waals surface area contributed by atoms with Crippen LogP contribution in [0, 0.1) is 0 Å². The average molecular weight is 434 g/mol. The summed E-state index contributed by atoms with van der Waals surface area (Å²) in [6.07, 6.45) is 2.61. The summed E-state index contributed by atoms with van der Waals surface area (Å²) < 4.78 is 0. The number of pyridine rings is 1. The molecule has 0 saturated heterocycles. The van der Waals surface area contributed by atoms with Crippen molar-refractivity contribution < 1.29 is 10.0 Å². The van der Waals surface area contributed by atoms with E-state index in [0.717, 1.165) is 49.9 Å². The number of aromatic nitrogens is 1.